The topological polar surface area (TPSA) is 95.3 Å². The fourth-order valence-electron chi connectivity index (χ4n) is 2.28. The van der Waals surface area contributed by atoms with Gasteiger partial charge in [-0.15, -0.1) is 5.10 Å². The van der Waals surface area contributed by atoms with E-state index in [0.717, 1.165) is 10.2 Å². The van der Waals surface area contributed by atoms with Gasteiger partial charge in [0.05, 0.1) is 16.8 Å². The summed E-state index contributed by atoms with van der Waals surface area (Å²) in [6, 6.07) is 11.1. The van der Waals surface area contributed by atoms with Crippen molar-refractivity contribution in [1.29, 1.82) is 0 Å². The summed E-state index contributed by atoms with van der Waals surface area (Å²) in [4.78, 5) is 22.8. The van der Waals surface area contributed by atoms with Gasteiger partial charge in [0.1, 0.15) is 0 Å². The van der Waals surface area contributed by atoms with Crippen molar-refractivity contribution in [3.8, 4) is 5.69 Å². The van der Waals surface area contributed by atoms with Gasteiger partial charge in [0.25, 0.3) is 5.69 Å². The minimum Gasteiger partial charge on any atom is -0.258 e. The fourth-order valence-corrected chi connectivity index (χ4v) is 2.45. The van der Waals surface area contributed by atoms with Crippen LogP contribution in [0.5, 0.6) is 0 Å². The molecule has 0 radical (unpaired) electrons. The maximum atomic E-state index is 12.6. The van der Waals surface area contributed by atoms with Crippen LogP contribution in [0.2, 0.25) is 5.02 Å². The molecule has 0 aliphatic heterocycles. The van der Waals surface area contributed by atoms with Gasteiger partial charge in [0.15, 0.2) is 5.82 Å². The average Bonchev–Trinajstić information content (AvgIpc) is 2.90. The molecule has 3 rings (SSSR count). The molecule has 0 spiro atoms. The van der Waals surface area contributed by atoms with Gasteiger partial charge in [-0.3, -0.25) is 10.1 Å². The molecule has 0 saturated carbocycles. The van der Waals surface area contributed by atoms with Crippen LogP contribution in [0.4, 0.5) is 5.69 Å². The molecule has 0 atom stereocenters. The Morgan fingerprint density at radius 2 is 1.88 bits per heavy atom. The largest absolute Gasteiger partial charge is 0.371 e. The summed E-state index contributed by atoms with van der Waals surface area (Å²) in [6.45, 7) is 3.52. The third kappa shape index (κ3) is 3.40. The lowest BCUT2D eigenvalue weighted by atomic mass is 10.2. The molecule has 0 unspecified atom stereocenters. The summed E-state index contributed by atoms with van der Waals surface area (Å²) < 4.78 is 2.36. The van der Waals surface area contributed by atoms with Crippen molar-refractivity contribution in [2.24, 2.45) is 5.10 Å². The highest BCUT2D eigenvalue weighted by Gasteiger charge is 2.12. The predicted octanol–water partition coefficient (Wildman–Crippen LogP) is 3.09. The van der Waals surface area contributed by atoms with Gasteiger partial charge in [-0.1, -0.05) is 17.7 Å². The Morgan fingerprint density at radius 1 is 1.19 bits per heavy atom. The number of rotatable bonds is 4. The van der Waals surface area contributed by atoms with Gasteiger partial charge in [-0.25, -0.2) is 4.79 Å². The van der Waals surface area contributed by atoms with Gasteiger partial charge < -0.3 is 0 Å². The van der Waals surface area contributed by atoms with Gasteiger partial charge in [0.2, 0.25) is 0 Å². The second-order valence-electron chi connectivity index (χ2n) is 5.58. The summed E-state index contributed by atoms with van der Waals surface area (Å²) in [7, 11) is 0. The lowest BCUT2D eigenvalue weighted by Gasteiger charge is -2.02. The third-order valence-electron chi connectivity index (χ3n) is 3.74. The maximum absolute atomic E-state index is 12.6. The first kappa shape index (κ1) is 17.6. The first-order valence-corrected chi connectivity index (χ1v) is 7.98. The minimum absolute atomic E-state index is 0.0143. The molecule has 0 saturated heterocycles. The highest BCUT2D eigenvalue weighted by Crippen LogP contribution is 2.18. The van der Waals surface area contributed by atoms with Gasteiger partial charge >= 0.3 is 5.69 Å². The molecule has 9 heteroatoms. The number of aromatic nitrogens is 3. The second kappa shape index (κ2) is 6.93. The molecule has 26 heavy (non-hydrogen) atoms. The molecule has 0 aliphatic carbocycles. The van der Waals surface area contributed by atoms with E-state index in [1.54, 1.807) is 37.3 Å². The molecule has 0 amide bonds. The number of aryl methyl sites for hydroxylation is 2. The smallest absolute Gasteiger partial charge is 0.258 e. The second-order valence-corrected chi connectivity index (χ2v) is 5.99. The Morgan fingerprint density at radius 3 is 2.50 bits per heavy atom. The lowest BCUT2D eigenvalue weighted by Crippen LogP contribution is -2.22. The summed E-state index contributed by atoms with van der Waals surface area (Å²) in [5, 5.41) is 19.5. The van der Waals surface area contributed by atoms with Crippen LogP contribution in [0, 0.1) is 24.0 Å². The van der Waals surface area contributed by atoms with Crippen LogP contribution in [0.25, 0.3) is 5.69 Å². The Labute approximate surface area is 153 Å². The van der Waals surface area contributed by atoms with Gasteiger partial charge in [-0.2, -0.15) is 14.5 Å². The van der Waals surface area contributed by atoms with E-state index in [1.165, 1.54) is 23.0 Å². The number of non-ortho nitro benzene ring substituents is 1. The molecular weight excluding hydrogens is 358 g/mol. The average molecular weight is 372 g/mol. The van der Waals surface area contributed by atoms with Crippen LogP contribution < -0.4 is 5.69 Å². The lowest BCUT2D eigenvalue weighted by molar-refractivity contribution is -0.384. The normalized spacial score (nSPS) is 11.2. The molecule has 1 heterocycles. The molecular formula is C17H14ClN5O3. The first-order valence-electron chi connectivity index (χ1n) is 7.61. The van der Waals surface area contributed by atoms with Crippen molar-refractivity contribution in [2.75, 3.05) is 0 Å². The monoisotopic (exact) mass is 371 g/mol. The maximum Gasteiger partial charge on any atom is 0.371 e. The van der Waals surface area contributed by atoms with E-state index in [-0.39, 0.29) is 5.69 Å². The number of halogens is 1. The highest BCUT2D eigenvalue weighted by molar-refractivity contribution is 6.31. The molecule has 132 valence electrons. The molecule has 0 aliphatic rings. The van der Waals surface area contributed by atoms with Crippen LogP contribution in [0.1, 0.15) is 17.0 Å². The molecule has 0 N–H and O–H groups in total. The van der Waals surface area contributed by atoms with E-state index in [9.17, 15) is 14.9 Å². The SMILES string of the molecule is Cc1ccc(-n2nc(C)n(/N=C/c3ccc([N+](=O)[O-])cc3)c2=O)cc1Cl. The summed E-state index contributed by atoms with van der Waals surface area (Å²) in [5.41, 5.74) is 1.60. The molecule has 1 aromatic heterocycles. The third-order valence-corrected chi connectivity index (χ3v) is 4.15. The molecule has 3 aromatic rings. The molecule has 0 fully saturated rings. The Balaban J connectivity index is 1.94. The van der Waals surface area contributed by atoms with E-state index >= 15 is 0 Å². The number of hydrogen-bond acceptors (Lipinski definition) is 5. The molecule has 2 aromatic carbocycles. The summed E-state index contributed by atoms with van der Waals surface area (Å²) >= 11 is 6.11. The van der Waals surface area contributed by atoms with E-state index in [4.69, 9.17) is 11.6 Å². The van der Waals surface area contributed by atoms with Crippen molar-refractivity contribution < 1.29 is 4.92 Å². The van der Waals surface area contributed by atoms with E-state index in [0.29, 0.717) is 22.1 Å². The number of nitro benzene ring substituents is 1. The van der Waals surface area contributed by atoms with Crippen molar-refractivity contribution in [3.63, 3.8) is 0 Å². The number of nitrogens with zero attached hydrogens (tertiary/aromatic N) is 5. The quantitative estimate of drug-likeness (QED) is 0.400. The van der Waals surface area contributed by atoms with Crippen LogP contribution in [0.3, 0.4) is 0 Å². The van der Waals surface area contributed by atoms with E-state index in [1.807, 2.05) is 6.92 Å². The standard InChI is InChI=1S/C17H14ClN5O3/c1-11-3-6-15(9-16(11)18)22-17(24)21(12(2)20-22)19-10-13-4-7-14(8-5-13)23(25)26/h3-10H,1-2H3/b19-10+. The summed E-state index contributed by atoms with van der Waals surface area (Å²) in [6.07, 6.45) is 1.44. The van der Waals surface area contributed by atoms with Crippen LogP contribution in [-0.2, 0) is 0 Å². The predicted molar refractivity (Wildman–Crippen MR) is 98.4 cm³/mol. The van der Waals surface area contributed by atoms with E-state index < -0.39 is 10.6 Å². The van der Waals surface area contributed by atoms with E-state index in [2.05, 4.69) is 10.2 Å². The number of benzene rings is 2. The van der Waals surface area contributed by atoms with Crippen molar-refractivity contribution in [2.45, 2.75) is 13.8 Å². The Hall–Kier alpha value is -3.26. The summed E-state index contributed by atoms with van der Waals surface area (Å²) in [5.74, 6) is 0.393. The van der Waals surface area contributed by atoms with Gasteiger partial charge in [-0.05, 0) is 49.2 Å². The number of hydrogen-bond donors (Lipinski definition) is 0. The van der Waals surface area contributed by atoms with Crippen LogP contribution in [0.15, 0.2) is 52.4 Å². The Kier molecular flexibility index (Phi) is 4.68. The van der Waals surface area contributed by atoms with Crippen molar-refractivity contribution in [3.05, 3.63) is 85.0 Å². The molecule has 0 bridgehead atoms. The van der Waals surface area contributed by atoms with Crippen molar-refractivity contribution in [1.82, 2.24) is 14.5 Å². The zero-order valence-electron chi connectivity index (χ0n) is 14.0. The fraction of sp³-hybridized carbons (Fsp3) is 0.118. The van der Waals surface area contributed by atoms with Crippen LogP contribution >= 0.6 is 11.6 Å². The highest BCUT2D eigenvalue weighted by atomic mass is 35.5. The number of nitro groups is 1. The first-order chi connectivity index (χ1) is 12.4. The van der Waals surface area contributed by atoms with Gasteiger partial charge in [0, 0.05) is 17.2 Å². The Bertz CT molecular complexity index is 1070. The van der Waals surface area contributed by atoms with Crippen LogP contribution in [-0.4, -0.2) is 25.6 Å². The minimum atomic E-state index is -0.480. The zero-order valence-corrected chi connectivity index (χ0v) is 14.7. The molecule has 8 nitrogen and oxygen atoms in total. The zero-order chi connectivity index (χ0) is 18.8. The van der Waals surface area contributed by atoms with Crippen molar-refractivity contribution >= 4 is 23.5 Å².